The van der Waals surface area contributed by atoms with Crippen LogP contribution in [0.15, 0.2) is 40.9 Å². The summed E-state index contributed by atoms with van der Waals surface area (Å²) in [5.74, 6) is -0.654. The molecule has 0 atom stereocenters. The molecule has 8 nitrogen and oxygen atoms in total. The van der Waals surface area contributed by atoms with Gasteiger partial charge in [0.15, 0.2) is 0 Å². The number of sulfonamides is 1. The van der Waals surface area contributed by atoms with Crippen LogP contribution in [0.1, 0.15) is 29.9 Å². The van der Waals surface area contributed by atoms with E-state index in [1.807, 2.05) is 13.2 Å². The molecule has 0 fully saturated rings. The molecule has 2 aromatic heterocycles. The zero-order valence-corrected chi connectivity index (χ0v) is 19.1. The van der Waals surface area contributed by atoms with E-state index in [1.165, 1.54) is 33.8 Å². The van der Waals surface area contributed by atoms with Crippen molar-refractivity contribution in [2.24, 2.45) is 7.05 Å². The standard InChI is InChI=1S/C19H21ClN4O4S2/c1-4-24(5-2)30(26,27)17-8-13(6-7-16(17)20)19(25)28-11-15-12-29-18(22-15)14-9-21-23(3)10-14/h6-10,12H,4-5,11H2,1-3H3. The summed E-state index contributed by atoms with van der Waals surface area (Å²) in [6, 6.07) is 4.08. The smallest absolute Gasteiger partial charge is 0.338 e. The van der Waals surface area contributed by atoms with E-state index >= 15 is 0 Å². The molecular formula is C19H21ClN4O4S2. The summed E-state index contributed by atoms with van der Waals surface area (Å²) < 4.78 is 33.8. The number of nitrogens with zero attached hydrogens (tertiary/aromatic N) is 4. The molecule has 3 rings (SSSR count). The molecule has 0 bridgehead atoms. The fraction of sp³-hybridized carbons (Fsp3) is 0.316. The van der Waals surface area contributed by atoms with Crippen molar-refractivity contribution in [3.8, 4) is 10.6 Å². The highest BCUT2D eigenvalue weighted by Gasteiger charge is 2.26. The number of thiazole rings is 1. The maximum atomic E-state index is 12.8. The van der Waals surface area contributed by atoms with Crippen LogP contribution in [0.2, 0.25) is 5.02 Å². The van der Waals surface area contributed by atoms with Gasteiger partial charge in [-0.3, -0.25) is 4.68 Å². The number of ether oxygens (including phenoxy) is 1. The van der Waals surface area contributed by atoms with Gasteiger partial charge in [0.2, 0.25) is 10.0 Å². The quantitative estimate of drug-likeness (QED) is 0.469. The van der Waals surface area contributed by atoms with Crippen molar-refractivity contribution < 1.29 is 17.9 Å². The van der Waals surface area contributed by atoms with E-state index in [1.54, 1.807) is 30.1 Å². The summed E-state index contributed by atoms with van der Waals surface area (Å²) in [5.41, 5.74) is 1.58. The number of carbonyl (C=O) groups is 1. The van der Waals surface area contributed by atoms with Gasteiger partial charge in [-0.15, -0.1) is 11.3 Å². The van der Waals surface area contributed by atoms with Crippen LogP contribution >= 0.6 is 22.9 Å². The van der Waals surface area contributed by atoms with Gasteiger partial charge in [-0.2, -0.15) is 9.40 Å². The third-order valence-corrected chi connectivity index (χ3v) is 7.82. The van der Waals surface area contributed by atoms with Crippen LogP contribution in [0.4, 0.5) is 0 Å². The fourth-order valence-corrected chi connectivity index (χ4v) is 5.53. The molecule has 0 N–H and O–H groups in total. The van der Waals surface area contributed by atoms with Crippen molar-refractivity contribution in [1.29, 1.82) is 0 Å². The molecule has 30 heavy (non-hydrogen) atoms. The minimum Gasteiger partial charge on any atom is -0.456 e. The number of esters is 1. The van der Waals surface area contributed by atoms with E-state index in [9.17, 15) is 13.2 Å². The van der Waals surface area contributed by atoms with Gasteiger partial charge in [0, 0.05) is 37.3 Å². The predicted molar refractivity (Wildman–Crippen MR) is 115 cm³/mol. The lowest BCUT2D eigenvalue weighted by atomic mass is 10.2. The zero-order chi connectivity index (χ0) is 21.9. The molecule has 0 amide bonds. The summed E-state index contributed by atoms with van der Waals surface area (Å²) in [6.45, 7) is 4.04. The molecule has 0 unspecified atom stereocenters. The molecular weight excluding hydrogens is 448 g/mol. The summed E-state index contributed by atoms with van der Waals surface area (Å²) in [5, 5.41) is 6.74. The highest BCUT2D eigenvalue weighted by Crippen LogP contribution is 2.27. The Balaban J connectivity index is 1.74. The minimum atomic E-state index is -3.81. The van der Waals surface area contributed by atoms with Crippen LogP contribution in [0.3, 0.4) is 0 Å². The molecule has 0 aliphatic rings. The summed E-state index contributed by atoms with van der Waals surface area (Å²) in [4.78, 5) is 16.8. The van der Waals surface area contributed by atoms with Crippen LogP contribution in [-0.2, 0) is 28.4 Å². The highest BCUT2D eigenvalue weighted by molar-refractivity contribution is 7.89. The molecule has 0 aliphatic heterocycles. The van der Waals surface area contributed by atoms with Gasteiger partial charge in [-0.05, 0) is 18.2 Å². The van der Waals surface area contributed by atoms with Crippen molar-refractivity contribution in [1.82, 2.24) is 19.1 Å². The zero-order valence-electron chi connectivity index (χ0n) is 16.7. The Kier molecular flexibility index (Phi) is 6.91. The van der Waals surface area contributed by atoms with Gasteiger partial charge in [-0.25, -0.2) is 18.2 Å². The summed E-state index contributed by atoms with van der Waals surface area (Å²) in [7, 11) is -1.99. The molecule has 0 radical (unpaired) electrons. The van der Waals surface area contributed by atoms with Crippen molar-refractivity contribution >= 4 is 38.9 Å². The van der Waals surface area contributed by atoms with E-state index < -0.39 is 16.0 Å². The summed E-state index contributed by atoms with van der Waals surface area (Å²) >= 11 is 7.53. The number of hydrogen-bond donors (Lipinski definition) is 0. The average molecular weight is 469 g/mol. The van der Waals surface area contributed by atoms with Gasteiger partial charge >= 0.3 is 5.97 Å². The highest BCUT2D eigenvalue weighted by atomic mass is 35.5. The number of rotatable bonds is 8. The van der Waals surface area contributed by atoms with E-state index in [-0.39, 0.29) is 22.1 Å². The average Bonchev–Trinajstić information content (AvgIpc) is 3.36. The molecule has 160 valence electrons. The molecule has 0 aliphatic carbocycles. The molecule has 3 aromatic rings. The Morgan fingerprint density at radius 2 is 2.03 bits per heavy atom. The second-order valence-electron chi connectivity index (χ2n) is 6.36. The third kappa shape index (κ3) is 4.72. The van der Waals surface area contributed by atoms with E-state index in [4.69, 9.17) is 16.3 Å². The monoisotopic (exact) mass is 468 g/mol. The lowest BCUT2D eigenvalue weighted by Gasteiger charge is -2.19. The van der Waals surface area contributed by atoms with Gasteiger partial charge in [0.25, 0.3) is 0 Å². The maximum absolute atomic E-state index is 12.8. The first kappa shape index (κ1) is 22.4. The Hall–Kier alpha value is -2.27. The lowest BCUT2D eigenvalue weighted by Crippen LogP contribution is -2.31. The number of aryl methyl sites for hydroxylation is 1. The van der Waals surface area contributed by atoms with Crippen molar-refractivity contribution in [3.05, 3.63) is 52.3 Å². The van der Waals surface area contributed by atoms with Crippen molar-refractivity contribution in [2.45, 2.75) is 25.3 Å². The fourth-order valence-electron chi connectivity index (χ4n) is 2.79. The molecule has 1 aromatic carbocycles. The van der Waals surface area contributed by atoms with Crippen LogP contribution in [0.25, 0.3) is 10.6 Å². The topological polar surface area (TPSA) is 94.4 Å². The van der Waals surface area contributed by atoms with Crippen LogP contribution < -0.4 is 0 Å². The van der Waals surface area contributed by atoms with E-state index in [2.05, 4.69) is 10.1 Å². The van der Waals surface area contributed by atoms with Crippen LogP contribution in [0, 0.1) is 0 Å². The number of hydrogen-bond acceptors (Lipinski definition) is 7. The summed E-state index contributed by atoms with van der Waals surface area (Å²) in [6.07, 6.45) is 3.56. The normalized spacial score (nSPS) is 11.8. The number of aromatic nitrogens is 3. The minimum absolute atomic E-state index is 0.0314. The first-order valence-electron chi connectivity index (χ1n) is 9.16. The molecule has 0 saturated carbocycles. The van der Waals surface area contributed by atoms with Gasteiger partial charge < -0.3 is 4.74 Å². The Morgan fingerprint density at radius 1 is 1.30 bits per heavy atom. The number of benzene rings is 1. The first-order chi connectivity index (χ1) is 14.3. The second-order valence-corrected chi connectivity index (χ2v) is 9.53. The van der Waals surface area contributed by atoms with Gasteiger partial charge in [-0.1, -0.05) is 25.4 Å². The predicted octanol–water partition coefficient (Wildman–Crippen LogP) is 3.58. The first-order valence-corrected chi connectivity index (χ1v) is 11.9. The lowest BCUT2D eigenvalue weighted by molar-refractivity contribution is 0.0468. The van der Waals surface area contributed by atoms with E-state index in [0.717, 1.165) is 10.6 Å². The Labute approximate surface area is 184 Å². The Bertz CT molecular complexity index is 1150. The van der Waals surface area contributed by atoms with Crippen molar-refractivity contribution in [2.75, 3.05) is 13.1 Å². The SMILES string of the molecule is CCN(CC)S(=O)(=O)c1cc(C(=O)OCc2csc(-c3cnn(C)c3)n2)ccc1Cl. The molecule has 11 heteroatoms. The number of halogens is 1. The van der Waals surface area contributed by atoms with Gasteiger partial charge in [0.05, 0.1) is 22.5 Å². The van der Waals surface area contributed by atoms with Crippen LogP contribution in [-0.4, -0.2) is 46.5 Å². The number of carbonyl (C=O) groups excluding carboxylic acids is 1. The molecule has 0 spiro atoms. The van der Waals surface area contributed by atoms with Gasteiger partial charge in [0.1, 0.15) is 16.5 Å². The Morgan fingerprint density at radius 3 is 2.67 bits per heavy atom. The van der Waals surface area contributed by atoms with E-state index in [0.29, 0.717) is 18.8 Å². The second kappa shape index (κ2) is 9.25. The molecule has 2 heterocycles. The maximum Gasteiger partial charge on any atom is 0.338 e. The third-order valence-electron chi connectivity index (χ3n) is 4.34. The molecule has 0 saturated heterocycles. The van der Waals surface area contributed by atoms with Crippen LogP contribution in [0.5, 0.6) is 0 Å². The van der Waals surface area contributed by atoms with Crippen molar-refractivity contribution in [3.63, 3.8) is 0 Å². The largest absolute Gasteiger partial charge is 0.456 e.